The van der Waals surface area contributed by atoms with E-state index in [9.17, 15) is 0 Å². The lowest BCUT2D eigenvalue weighted by Crippen LogP contribution is -2.29. The summed E-state index contributed by atoms with van der Waals surface area (Å²) in [5.41, 5.74) is 5.82. The number of aromatic amines is 1. The summed E-state index contributed by atoms with van der Waals surface area (Å²) in [5, 5.41) is 7.53. The van der Waals surface area contributed by atoms with E-state index in [0.29, 0.717) is 5.92 Å². The largest absolute Gasteiger partial charge is 0.332 e. The van der Waals surface area contributed by atoms with E-state index < -0.39 is 0 Å². The molecule has 1 atom stereocenters. The second-order valence-electron chi connectivity index (χ2n) is 3.05. The lowest BCUT2D eigenvalue weighted by molar-refractivity contribution is 0.482. The number of hydrogen-bond donors (Lipinski definition) is 2. The van der Waals surface area contributed by atoms with E-state index in [4.69, 9.17) is 5.73 Å². The van der Waals surface area contributed by atoms with Gasteiger partial charge >= 0.3 is 0 Å². The molecule has 0 bridgehead atoms. The Bertz CT molecular complexity index is 192. The van der Waals surface area contributed by atoms with Gasteiger partial charge in [0.25, 0.3) is 0 Å². The van der Waals surface area contributed by atoms with Crippen molar-refractivity contribution in [1.82, 2.24) is 15.2 Å². The number of rotatable bonds is 3. The van der Waals surface area contributed by atoms with Gasteiger partial charge in [0, 0.05) is 12.5 Å². The minimum atomic E-state index is 0.169. The molecule has 0 aliphatic carbocycles. The van der Waals surface area contributed by atoms with Gasteiger partial charge in [0.15, 0.2) is 0 Å². The summed E-state index contributed by atoms with van der Waals surface area (Å²) in [6, 6.07) is 0.169. The van der Waals surface area contributed by atoms with Crippen LogP contribution in [0.1, 0.15) is 19.7 Å². The predicted octanol–water partition coefficient (Wildman–Crippen LogP) is 0.330. The highest BCUT2D eigenvalue weighted by Gasteiger charge is 2.09. The third-order valence-electron chi connectivity index (χ3n) is 1.75. The number of nitrogens with one attached hydrogen (secondary N) is 1. The Kier molecular flexibility index (Phi) is 2.59. The zero-order valence-electron chi connectivity index (χ0n) is 6.91. The first-order valence-corrected chi connectivity index (χ1v) is 3.80. The minimum Gasteiger partial charge on any atom is -0.332 e. The van der Waals surface area contributed by atoms with Gasteiger partial charge in [-0.1, -0.05) is 13.8 Å². The molecule has 1 rings (SSSR count). The third-order valence-corrected chi connectivity index (χ3v) is 1.75. The van der Waals surface area contributed by atoms with Crippen molar-refractivity contribution in [2.24, 2.45) is 11.7 Å². The molecular formula is C7H14N4. The third kappa shape index (κ3) is 2.31. The molecular weight excluding hydrogens is 140 g/mol. The van der Waals surface area contributed by atoms with Crippen LogP contribution in [-0.2, 0) is 6.42 Å². The highest BCUT2D eigenvalue weighted by Crippen LogP contribution is 2.02. The summed E-state index contributed by atoms with van der Waals surface area (Å²) in [6.07, 6.45) is 2.35. The van der Waals surface area contributed by atoms with E-state index in [1.165, 1.54) is 0 Å². The van der Waals surface area contributed by atoms with Gasteiger partial charge in [0.2, 0.25) is 0 Å². The number of nitrogens with two attached hydrogens (primary N) is 1. The summed E-state index contributed by atoms with van der Waals surface area (Å²) in [4.78, 5) is 2.92. The Balaban J connectivity index is 2.43. The zero-order valence-corrected chi connectivity index (χ0v) is 6.91. The molecule has 3 N–H and O–H groups in total. The van der Waals surface area contributed by atoms with E-state index in [1.54, 1.807) is 6.33 Å². The maximum Gasteiger partial charge on any atom is 0.131 e. The molecule has 0 spiro atoms. The zero-order chi connectivity index (χ0) is 8.27. The fourth-order valence-corrected chi connectivity index (χ4v) is 0.790. The van der Waals surface area contributed by atoms with Crippen molar-refractivity contribution in [3.63, 3.8) is 0 Å². The summed E-state index contributed by atoms with van der Waals surface area (Å²) in [6.45, 7) is 4.20. The fourth-order valence-electron chi connectivity index (χ4n) is 0.790. The molecule has 0 amide bonds. The molecule has 0 fully saturated rings. The van der Waals surface area contributed by atoms with Gasteiger partial charge in [-0.2, -0.15) is 0 Å². The second kappa shape index (κ2) is 3.48. The Morgan fingerprint density at radius 2 is 2.36 bits per heavy atom. The molecule has 0 saturated heterocycles. The second-order valence-corrected chi connectivity index (χ2v) is 3.05. The Morgan fingerprint density at radius 3 is 2.82 bits per heavy atom. The number of H-pyrrole nitrogens is 1. The van der Waals surface area contributed by atoms with Crippen molar-refractivity contribution in [3.8, 4) is 0 Å². The van der Waals surface area contributed by atoms with E-state index >= 15 is 0 Å². The van der Waals surface area contributed by atoms with E-state index in [0.717, 1.165) is 12.2 Å². The quantitative estimate of drug-likeness (QED) is 0.659. The van der Waals surface area contributed by atoms with Crippen molar-refractivity contribution in [2.45, 2.75) is 26.3 Å². The molecule has 0 aliphatic rings. The normalized spacial score (nSPS) is 13.8. The highest BCUT2D eigenvalue weighted by molar-refractivity contribution is 4.85. The van der Waals surface area contributed by atoms with Crippen LogP contribution in [0, 0.1) is 5.92 Å². The maximum absolute atomic E-state index is 5.82. The van der Waals surface area contributed by atoms with Crippen LogP contribution in [0.3, 0.4) is 0 Å². The molecule has 4 heteroatoms. The molecule has 0 radical (unpaired) electrons. The topological polar surface area (TPSA) is 67.6 Å². The smallest absolute Gasteiger partial charge is 0.131 e. The molecule has 0 aromatic carbocycles. The molecule has 0 unspecified atom stereocenters. The van der Waals surface area contributed by atoms with Gasteiger partial charge in [-0.05, 0) is 5.92 Å². The van der Waals surface area contributed by atoms with Crippen LogP contribution in [0.5, 0.6) is 0 Å². The van der Waals surface area contributed by atoms with E-state index in [2.05, 4.69) is 29.0 Å². The van der Waals surface area contributed by atoms with Gasteiger partial charge in [0.05, 0.1) is 0 Å². The van der Waals surface area contributed by atoms with Crippen LogP contribution in [0.15, 0.2) is 6.33 Å². The Morgan fingerprint density at radius 1 is 1.64 bits per heavy atom. The lowest BCUT2D eigenvalue weighted by atomic mass is 10.0. The highest BCUT2D eigenvalue weighted by atomic mass is 15.2. The first-order valence-electron chi connectivity index (χ1n) is 3.80. The molecule has 1 aromatic rings. The summed E-state index contributed by atoms with van der Waals surface area (Å²) in [5.74, 6) is 1.35. The fraction of sp³-hybridized carbons (Fsp3) is 0.714. The number of hydrogen-bond acceptors (Lipinski definition) is 3. The van der Waals surface area contributed by atoms with Crippen LogP contribution < -0.4 is 5.73 Å². The van der Waals surface area contributed by atoms with Gasteiger partial charge in [0.1, 0.15) is 12.2 Å². The van der Waals surface area contributed by atoms with E-state index in [1.807, 2.05) is 0 Å². The molecule has 62 valence electrons. The van der Waals surface area contributed by atoms with E-state index in [-0.39, 0.29) is 6.04 Å². The van der Waals surface area contributed by atoms with Crippen molar-refractivity contribution < 1.29 is 0 Å². The predicted molar refractivity (Wildman–Crippen MR) is 42.9 cm³/mol. The minimum absolute atomic E-state index is 0.169. The van der Waals surface area contributed by atoms with Crippen LogP contribution in [0.2, 0.25) is 0 Å². The van der Waals surface area contributed by atoms with Crippen molar-refractivity contribution in [1.29, 1.82) is 0 Å². The van der Waals surface area contributed by atoms with Gasteiger partial charge in [-0.3, -0.25) is 0 Å². The first-order chi connectivity index (χ1) is 5.20. The molecule has 4 nitrogen and oxygen atoms in total. The average molecular weight is 154 g/mol. The van der Waals surface area contributed by atoms with Crippen molar-refractivity contribution in [3.05, 3.63) is 12.2 Å². The molecule has 1 heterocycles. The SMILES string of the molecule is CC(C)[C@H](N)Cc1nnc[nH]1. The molecule has 11 heavy (non-hydrogen) atoms. The van der Waals surface area contributed by atoms with Crippen LogP contribution in [0.25, 0.3) is 0 Å². The van der Waals surface area contributed by atoms with Crippen LogP contribution in [0.4, 0.5) is 0 Å². The van der Waals surface area contributed by atoms with Gasteiger partial charge < -0.3 is 10.7 Å². The monoisotopic (exact) mass is 154 g/mol. The molecule has 0 saturated carbocycles. The van der Waals surface area contributed by atoms with Gasteiger partial charge in [-0.25, -0.2) is 0 Å². The van der Waals surface area contributed by atoms with Crippen LogP contribution in [-0.4, -0.2) is 21.2 Å². The number of nitrogens with zero attached hydrogens (tertiary/aromatic N) is 2. The Hall–Kier alpha value is -0.900. The summed E-state index contributed by atoms with van der Waals surface area (Å²) < 4.78 is 0. The summed E-state index contributed by atoms with van der Waals surface area (Å²) in [7, 11) is 0. The first kappa shape index (κ1) is 8.20. The lowest BCUT2D eigenvalue weighted by Gasteiger charge is -2.12. The van der Waals surface area contributed by atoms with Gasteiger partial charge in [-0.15, -0.1) is 10.2 Å². The number of aromatic nitrogens is 3. The maximum atomic E-state index is 5.82. The van der Waals surface area contributed by atoms with Crippen molar-refractivity contribution >= 4 is 0 Å². The summed E-state index contributed by atoms with van der Waals surface area (Å²) >= 11 is 0. The molecule has 1 aromatic heterocycles. The standard InChI is InChI=1S/C7H14N4/c1-5(2)6(8)3-7-9-4-10-11-7/h4-6H,3,8H2,1-2H3,(H,9,10,11)/t6-/m1/s1. The van der Waals surface area contributed by atoms with Crippen LogP contribution >= 0.6 is 0 Å². The average Bonchev–Trinajstić information content (AvgIpc) is 2.39. The van der Waals surface area contributed by atoms with Crippen molar-refractivity contribution in [2.75, 3.05) is 0 Å². The molecule has 0 aliphatic heterocycles. The Labute approximate surface area is 66.2 Å².